The Morgan fingerprint density at radius 2 is 2.23 bits per heavy atom. The van der Waals surface area contributed by atoms with Crippen molar-refractivity contribution in [1.29, 1.82) is 0 Å². The van der Waals surface area contributed by atoms with Gasteiger partial charge in [-0.25, -0.2) is 4.98 Å². The first kappa shape index (κ1) is 7.92. The number of carbonyl (C=O) groups is 1. The highest BCUT2D eigenvalue weighted by Crippen LogP contribution is 2.11. The molecule has 1 heterocycles. The van der Waals surface area contributed by atoms with E-state index < -0.39 is 0 Å². The molecule has 0 fully saturated rings. The Hall–Kier alpha value is -1.70. The van der Waals surface area contributed by atoms with Crippen molar-refractivity contribution >= 4 is 16.7 Å². The smallest absolute Gasteiger partial charge is 0.178 e. The van der Waals surface area contributed by atoms with E-state index in [2.05, 4.69) is 11.1 Å². The van der Waals surface area contributed by atoms with E-state index in [1.807, 2.05) is 18.2 Å². The Kier molecular flexibility index (Phi) is 1.81. The van der Waals surface area contributed by atoms with E-state index in [0.717, 1.165) is 10.9 Å². The number of fused-ring (bicyclic) bond motifs is 1. The van der Waals surface area contributed by atoms with Gasteiger partial charge in [0.25, 0.3) is 0 Å². The van der Waals surface area contributed by atoms with E-state index in [1.54, 1.807) is 12.1 Å². The number of carbonyl (C=O) groups excluding carboxylic acids is 1. The van der Waals surface area contributed by atoms with Gasteiger partial charge in [0.05, 0.1) is 5.52 Å². The van der Waals surface area contributed by atoms with Crippen LogP contribution in [0.4, 0.5) is 0 Å². The fourth-order valence-electron chi connectivity index (χ4n) is 1.20. The number of ketones is 1. The van der Waals surface area contributed by atoms with Gasteiger partial charge < -0.3 is 0 Å². The van der Waals surface area contributed by atoms with E-state index in [4.69, 9.17) is 0 Å². The molecule has 1 aromatic carbocycles. The molecule has 0 aliphatic carbocycles. The molecule has 0 saturated carbocycles. The van der Waals surface area contributed by atoms with Crippen LogP contribution in [0.2, 0.25) is 0 Å². The molecule has 1 radical (unpaired) electrons. The Balaban J connectivity index is 2.69. The van der Waals surface area contributed by atoms with Crippen molar-refractivity contribution in [3.63, 3.8) is 0 Å². The maximum absolute atomic E-state index is 11.0. The fraction of sp³-hybridized carbons (Fsp3) is 0.0909. The molecule has 1 aromatic heterocycles. The molecule has 0 bridgehead atoms. The summed E-state index contributed by atoms with van der Waals surface area (Å²) in [7, 11) is 0. The normalized spacial score (nSPS) is 10.2. The van der Waals surface area contributed by atoms with Gasteiger partial charge >= 0.3 is 0 Å². The summed E-state index contributed by atoms with van der Waals surface area (Å²) in [6.07, 6.45) is 0. The Morgan fingerprint density at radius 1 is 1.38 bits per heavy atom. The summed E-state index contributed by atoms with van der Waals surface area (Å²) in [5, 5.41) is 1.03. The molecule has 2 aromatic rings. The van der Waals surface area contributed by atoms with Gasteiger partial charge in [-0.15, -0.1) is 0 Å². The van der Waals surface area contributed by atoms with Crippen molar-refractivity contribution in [2.24, 2.45) is 0 Å². The summed E-state index contributed by atoms with van der Waals surface area (Å²) in [6, 6.07) is 12.1. The number of hydrogen-bond donors (Lipinski definition) is 0. The standard InChI is InChI=1S/C11H8NO/c1-8(13)10-7-6-9-4-2-3-5-11(9)12-10/h2,4-7H,1H3. The number of aromatic nitrogens is 1. The van der Waals surface area contributed by atoms with Crippen LogP contribution >= 0.6 is 0 Å². The third-order valence-corrected chi connectivity index (χ3v) is 1.90. The van der Waals surface area contributed by atoms with Crippen molar-refractivity contribution in [1.82, 2.24) is 4.98 Å². The summed E-state index contributed by atoms with van der Waals surface area (Å²) in [5.41, 5.74) is 1.32. The van der Waals surface area contributed by atoms with Crippen LogP contribution in [0.3, 0.4) is 0 Å². The van der Waals surface area contributed by atoms with Gasteiger partial charge in [-0.3, -0.25) is 4.79 Å². The molecule has 0 atom stereocenters. The van der Waals surface area contributed by atoms with Gasteiger partial charge in [0, 0.05) is 12.3 Å². The highest BCUT2D eigenvalue weighted by Gasteiger charge is 2.01. The van der Waals surface area contributed by atoms with E-state index >= 15 is 0 Å². The molecular weight excluding hydrogens is 162 g/mol. The van der Waals surface area contributed by atoms with Crippen molar-refractivity contribution < 1.29 is 4.79 Å². The monoisotopic (exact) mass is 170 g/mol. The third-order valence-electron chi connectivity index (χ3n) is 1.90. The molecule has 13 heavy (non-hydrogen) atoms. The topological polar surface area (TPSA) is 30.0 Å². The van der Waals surface area contributed by atoms with E-state index in [1.165, 1.54) is 6.92 Å². The minimum absolute atomic E-state index is 0.00856. The molecule has 0 aliphatic heterocycles. The second-order valence-electron chi connectivity index (χ2n) is 2.87. The zero-order chi connectivity index (χ0) is 9.26. The zero-order valence-electron chi connectivity index (χ0n) is 7.24. The fourth-order valence-corrected chi connectivity index (χ4v) is 1.20. The molecule has 2 rings (SSSR count). The molecule has 0 N–H and O–H groups in total. The van der Waals surface area contributed by atoms with Crippen LogP contribution in [0, 0.1) is 6.07 Å². The van der Waals surface area contributed by atoms with Gasteiger partial charge in [0.2, 0.25) is 0 Å². The second kappa shape index (κ2) is 2.98. The minimum Gasteiger partial charge on any atom is -0.293 e. The number of nitrogens with zero attached hydrogens (tertiary/aromatic N) is 1. The zero-order valence-corrected chi connectivity index (χ0v) is 7.24. The second-order valence-corrected chi connectivity index (χ2v) is 2.87. The molecule has 63 valence electrons. The van der Waals surface area contributed by atoms with Gasteiger partial charge in [0.1, 0.15) is 5.69 Å². The Labute approximate surface area is 76.2 Å². The maximum atomic E-state index is 11.0. The van der Waals surface area contributed by atoms with Crippen LogP contribution in [-0.4, -0.2) is 10.8 Å². The first-order valence-electron chi connectivity index (χ1n) is 4.05. The van der Waals surface area contributed by atoms with E-state index in [9.17, 15) is 4.79 Å². The van der Waals surface area contributed by atoms with Crippen LogP contribution in [0.15, 0.2) is 30.3 Å². The Bertz CT molecular complexity index is 462. The number of Topliss-reactive ketones (excluding diaryl/α,β-unsaturated/α-hetero) is 1. The Morgan fingerprint density at radius 3 is 3.00 bits per heavy atom. The van der Waals surface area contributed by atoms with Gasteiger partial charge in [-0.1, -0.05) is 18.2 Å². The van der Waals surface area contributed by atoms with Crippen LogP contribution in [0.1, 0.15) is 17.4 Å². The van der Waals surface area contributed by atoms with Gasteiger partial charge in [-0.05, 0) is 18.2 Å². The van der Waals surface area contributed by atoms with Crippen LogP contribution < -0.4 is 0 Å². The lowest BCUT2D eigenvalue weighted by molar-refractivity contribution is 0.101. The lowest BCUT2D eigenvalue weighted by atomic mass is 10.2. The quantitative estimate of drug-likeness (QED) is 0.614. The van der Waals surface area contributed by atoms with Crippen molar-refractivity contribution in [3.05, 3.63) is 42.1 Å². The van der Waals surface area contributed by atoms with E-state index in [0.29, 0.717) is 5.69 Å². The largest absolute Gasteiger partial charge is 0.293 e. The predicted octanol–water partition coefficient (Wildman–Crippen LogP) is 2.24. The van der Waals surface area contributed by atoms with Crippen molar-refractivity contribution in [2.75, 3.05) is 0 Å². The maximum Gasteiger partial charge on any atom is 0.178 e. The molecule has 0 aliphatic rings. The molecular formula is C11H8NO. The molecule has 0 unspecified atom stereocenters. The van der Waals surface area contributed by atoms with Crippen molar-refractivity contribution in [3.8, 4) is 0 Å². The number of pyridine rings is 1. The molecule has 0 amide bonds. The SMILES string of the molecule is CC(=O)c1ccc2cc[c]cc2n1. The summed E-state index contributed by atoms with van der Waals surface area (Å²) >= 11 is 0. The van der Waals surface area contributed by atoms with Gasteiger partial charge in [0.15, 0.2) is 5.78 Å². The molecule has 2 nitrogen and oxygen atoms in total. The molecule has 0 spiro atoms. The molecule has 2 heteroatoms. The average Bonchev–Trinajstić information content (AvgIpc) is 2.17. The molecule has 0 saturated heterocycles. The summed E-state index contributed by atoms with van der Waals surface area (Å²) < 4.78 is 0. The lowest BCUT2D eigenvalue weighted by Crippen LogP contribution is -1.95. The van der Waals surface area contributed by atoms with Crippen molar-refractivity contribution in [2.45, 2.75) is 6.92 Å². The highest BCUT2D eigenvalue weighted by atomic mass is 16.1. The highest BCUT2D eigenvalue weighted by molar-refractivity contribution is 5.94. The summed E-state index contributed by atoms with van der Waals surface area (Å²) in [6.45, 7) is 1.51. The van der Waals surface area contributed by atoms with Crippen LogP contribution in [0.5, 0.6) is 0 Å². The number of hydrogen-bond acceptors (Lipinski definition) is 2. The minimum atomic E-state index is -0.00856. The third kappa shape index (κ3) is 1.43. The van der Waals surface area contributed by atoms with Crippen LogP contribution in [-0.2, 0) is 0 Å². The number of benzene rings is 1. The summed E-state index contributed by atoms with van der Waals surface area (Å²) in [4.78, 5) is 15.2. The first-order valence-corrected chi connectivity index (χ1v) is 4.05. The van der Waals surface area contributed by atoms with E-state index in [-0.39, 0.29) is 5.78 Å². The summed E-state index contributed by atoms with van der Waals surface area (Å²) in [5.74, 6) is -0.00856. The lowest BCUT2D eigenvalue weighted by Gasteiger charge is -1.97. The predicted molar refractivity (Wildman–Crippen MR) is 50.6 cm³/mol. The first-order chi connectivity index (χ1) is 6.27. The number of rotatable bonds is 1. The van der Waals surface area contributed by atoms with Gasteiger partial charge in [-0.2, -0.15) is 0 Å². The average molecular weight is 170 g/mol. The van der Waals surface area contributed by atoms with Crippen LogP contribution in [0.25, 0.3) is 10.9 Å².